The van der Waals surface area contributed by atoms with Crippen LogP contribution in [0, 0.1) is 0 Å². The summed E-state index contributed by atoms with van der Waals surface area (Å²) in [6, 6.07) is 15.9. The molecule has 1 heterocycles. The number of benzene rings is 2. The van der Waals surface area contributed by atoms with Gasteiger partial charge in [0.15, 0.2) is 0 Å². The van der Waals surface area contributed by atoms with E-state index in [4.69, 9.17) is 0 Å². The first-order chi connectivity index (χ1) is 8.83. The second-order valence-corrected chi connectivity index (χ2v) is 11.4. The fourth-order valence-electron chi connectivity index (χ4n) is 3.47. The number of hydrogen-bond acceptors (Lipinski definition) is 0. The molecule has 0 aromatic heterocycles. The molecule has 3 rings (SSSR count). The number of fused-ring (bicyclic) bond motifs is 3. The molecule has 0 N–H and O–H groups in total. The van der Waals surface area contributed by atoms with Gasteiger partial charge in [0.2, 0.25) is 0 Å². The van der Waals surface area contributed by atoms with Crippen molar-refractivity contribution in [3.05, 3.63) is 48.0 Å². The van der Waals surface area contributed by atoms with Gasteiger partial charge in [-0.2, -0.15) is 0 Å². The van der Waals surface area contributed by atoms with Crippen LogP contribution < -0.4 is 10.4 Å². The Morgan fingerprint density at radius 3 is 2.11 bits per heavy atom. The molecular weight excluding hydrogens is 244 g/mol. The monoisotopic (exact) mass is 266 g/mol. The Bertz CT molecular complexity index is 645. The molecule has 1 aliphatic rings. The van der Waals surface area contributed by atoms with Gasteiger partial charge in [-0.1, -0.05) is 76.3 Å². The Hall–Kier alpha value is -1.34. The largest absolute Gasteiger partial charge is 0.114 e. The van der Waals surface area contributed by atoms with E-state index >= 15 is 0 Å². The lowest BCUT2D eigenvalue weighted by Crippen LogP contribution is -2.52. The Labute approximate surface area is 117 Å². The maximum Gasteiger partial charge on any atom is 0.114 e. The molecule has 19 heavy (non-hydrogen) atoms. The first-order valence-electron chi connectivity index (χ1n) is 7.07. The molecule has 2 aromatic carbocycles. The van der Waals surface area contributed by atoms with Gasteiger partial charge in [0.1, 0.15) is 8.07 Å². The molecule has 1 aliphatic heterocycles. The average molecular weight is 266 g/mol. The van der Waals surface area contributed by atoms with E-state index < -0.39 is 8.07 Å². The SMILES string of the molecule is CC(C)(C)c1cccc2c1[Si](C)(C)c1ccccc1-2. The molecule has 0 spiro atoms. The normalized spacial score (nSPS) is 16.1. The quantitative estimate of drug-likeness (QED) is 0.637. The van der Waals surface area contributed by atoms with Crippen molar-refractivity contribution in [1.82, 2.24) is 0 Å². The summed E-state index contributed by atoms with van der Waals surface area (Å²) in [5.41, 5.74) is 4.72. The standard InChI is InChI=1S/C18H22Si/c1-18(2,3)15-11-8-10-14-13-9-6-7-12-16(13)19(4,5)17(14)15/h6-12H,1-5H3. The van der Waals surface area contributed by atoms with Crippen LogP contribution in [0.4, 0.5) is 0 Å². The summed E-state index contributed by atoms with van der Waals surface area (Å²) < 4.78 is 0. The second kappa shape index (κ2) is 3.83. The lowest BCUT2D eigenvalue weighted by molar-refractivity contribution is 0.594. The first-order valence-corrected chi connectivity index (χ1v) is 10.1. The molecule has 98 valence electrons. The van der Waals surface area contributed by atoms with Gasteiger partial charge in [0.05, 0.1) is 0 Å². The summed E-state index contributed by atoms with van der Waals surface area (Å²) >= 11 is 0. The highest BCUT2D eigenvalue weighted by Gasteiger charge is 2.40. The highest BCUT2D eigenvalue weighted by Crippen LogP contribution is 2.33. The van der Waals surface area contributed by atoms with Crippen molar-refractivity contribution in [3.8, 4) is 11.1 Å². The van der Waals surface area contributed by atoms with Gasteiger partial charge in [0.25, 0.3) is 0 Å². The van der Waals surface area contributed by atoms with Crippen molar-refractivity contribution in [2.24, 2.45) is 0 Å². The van der Waals surface area contributed by atoms with Crippen LogP contribution >= 0.6 is 0 Å². The molecule has 0 saturated carbocycles. The number of hydrogen-bond donors (Lipinski definition) is 0. The van der Waals surface area contributed by atoms with Crippen molar-refractivity contribution in [1.29, 1.82) is 0 Å². The van der Waals surface area contributed by atoms with E-state index in [9.17, 15) is 0 Å². The van der Waals surface area contributed by atoms with Crippen LogP contribution in [0.3, 0.4) is 0 Å². The van der Waals surface area contributed by atoms with Crippen molar-refractivity contribution < 1.29 is 0 Å². The summed E-state index contributed by atoms with van der Waals surface area (Å²) in [6.45, 7) is 12.0. The van der Waals surface area contributed by atoms with Gasteiger partial charge >= 0.3 is 0 Å². The maximum absolute atomic E-state index is 2.49. The van der Waals surface area contributed by atoms with Gasteiger partial charge in [-0.05, 0) is 32.5 Å². The smallest absolute Gasteiger partial charge is 0.0623 e. The third-order valence-electron chi connectivity index (χ3n) is 4.39. The zero-order valence-electron chi connectivity index (χ0n) is 12.5. The Balaban J connectivity index is 2.39. The predicted octanol–water partition coefficient (Wildman–Crippen LogP) is 3.79. The van der Waals surface area contributed by atoms with Crippen LogP contribution in [0.15, 0.2) is 42.5 Å². The van der Waals surface area contributed by atoms with E-state index in [0.29, 0.717) is 0 Å². The van der Waals surface area contributed by atoms with E-state index in [-0.39, 0.29) is 5.41 Å². The Kier molecular flexibility index (Phi) is 2.55. The van der Waals surface area contributed by atoms with Crippen LogP contribution in [0.1, 0.15) is 26.3 Å². The van der Waals surface area contributed by atoms with Crippen LogP contribution in [0.2, 0.25) is 13.1 Å². The topological polar surface area (TPSA) is 0 Å². The van der Waals surface area contributed by atoms with E-state index in [0.717, 1.165) is 0 Å². The van der Waals surface area contributed by atoms with Crippen molar-refractivity contribution in [2.45, 2.75) is 39.3 Å². The minimum Gasteiger partial charge on any atom is -0.0623 e. The van der Waals surface area contributed by atoms with E-state index in [1.165, 1.54) is 16.7 Å². The summed E-state index contributed by atoms with van der Waals surface area (Å²) in [7, 11) is -1.54. The maximum atomic E-state index is 2.49. The van der Waals surface area contributed by atoms with E-state index in [1.54, 1.807) is 10.4 Å². The zero-order valence-corrected chi connectivity index (χ0v) is 13.5. The second-order valence-electron chi connectivity index (χ2n) is 7.15. The zero-order chi connectivity index (χ0) is 13.8. The molecule has 0 unspecified atom stereocenters. The highest BCUT2D eigenvalue weighted by molar-refractivity contribution is 7.04. The fourth-order valence-corrected chi connectivity index (χ4v) is 7.17. The molecular formula is C18H22Si. The summed E-state index contributed by atoms with van der Waals surface area (Å²) in [6.07, 6.45) is 0. The van der Waals surface area contributed by atoms with Crippen LogP contribution in [-0.4, -0.2) is 8.07 Å². The minimum absolute atomic E-state index is 0.220. The predicted molar refractivity (Wildman–Crippen MR) is 87.3 cm³/mol. The van der Waals surface area contributed by atoms with Crippen LogP contribution in [-0.2, 0) is 5.41 Å². The van der Waals surface area contributed by atoms with Crippen LogP contribution in [0.5, 0.6) is 0 Å². The third kappa shape index (κ3) is 1.72. The van der Waals surface area contributed by atoms with Gasteiger partial charge in [-0.25, -0.2) is 0 Å². The first kappa shape index (κ1) is 12.7. The Morgan fingerprint density at radius 2 is 1.42 bits per heavy atom. The summed E-state index contributed by atoms with van der Waals surface area (Å²) in [4.78, 5) is 0. The fraction of sp³-hybridized carbons (Fsp3) is 0.333. The van der Waals surface area contributed by atoms with Crippen molar-refractivity contribution in [2.75, 3.05) is 0 Å². The molecule has 0 amide bonds. The lowest BCUT2D eigenvalue weighted by atomic mass is 9.85. The molecule has 0 fully saturated rings. The third-order valence-corrected chi connectivity index (χ3v) is 7.96. The molecule has 0 aliphatic carbocycles. The molecule has 0 bridgehead atoms. The lowest BCUT2D eigenvalue weighted by Gasteiger charge is -2.29. The molecule has 0 saturated heterocycles. The molecule has 0 nitrogen and oxygen atoms in total. The van der Waals surface area contributed by atoms with Gasteiger partial charge in [-0.3, -0.25) is 0 Å². The van der Waals surface area contributed by atoms with E-state index in [2.05, 4.69) is 76.3 Å². The minimum atomic E-state index is -1.54. The van der Waals surface area contributed by atoms with Gasteiger partial charge in [-0.15, -0.1) is 0 Å². The summed E-state index contributed by atoms with van der Waals surface area (Å²) in [5, 5.41) is 3.26. The van der Waals surface area contributed by atoms with Crippen molar-refractivity contribution in [3.63, 3.8) is 0 Å². The Morgan fingerprint density at radius 1 is 0.789 bits per heavy atom. The number of rotatable bonds is 0. The van der Waals surface area contributed by atoms with Crippen molar-refractivity contribution >= 4 is 18.4 Å². The molecule has 0 atom stereocenters. The van der Waals surface area contributed by atoms with Crippen LogP contribution in [0.25, 0.3) is 11.1 Å². The molecule has 0 radical (unpaired) electrons. The highest BCUT2D eigenvalue weighted by atomic mass is 28.3. The van der Waals surface area contributed by atoms with Gasteiger partial charge < -0.3 is 0 Å². The van der Waals surface area contributed by atoms with E-state index in [1.807, 2.05) is 0 Å². The molecule has 2 aromatic rings. The molecule has 1 heteroatoms. The average Bonchev–Trinajstić information content (AvgIpc) is 2.59. The van der Waals surface area contributed by atoms with Gasteiger partial charge in [0, 0.05) is 0 Å². The summed E-state index contributed by atoms with van der Waals surface area (Å²) in [5.74, 6) is 0.